The van der Waals surface area contributed by atoms with Crippen LogP contribution in [0.4, 0.5) is 33.7 Å². The zero-order valence-electron chi connectivity index (χ0n) is 19.0. The molecule has 4 rings (SSSR count). The highest BCUT2D eigenvalue weighted by atomic mass is 32.2. The molecule has 0 spiro atoms. The SMILES string of the molecule is O=C(NC[C@H]1CN(c2cc(F)c(N3CCON(S(=O)(=O)c4ccncc4)CC3)c(F)c2)C(=O)O1)C(F)F. The third-order valence-corrected chi connectivity index (χ3v) is 7.26. The topological polar surface area (TPSA) is 121 Å². The van der Waals surface area contributed by atoms with E-state index in [0.29, 0.717) is 0 Å². The lowest BCUT2D eigenvalue weighted by atomic mass is 10.2. The van der Waals surface area contributed by atoms with E-state index in [1.54, 1.807) is 0 Å². The first-order chi connectivity index (χ1) is 17.6. The molecule has 2 aliphatic rings. The van der Waals surface area contributed by atoms with Crippen LogP contribution in [0.15, 0.2) is 41.6 Å². The fourth-order valence-electron chi connectivity index (χ4n) is 3.81. The molecular weight excluding hydrogens is 526 g/mol. The van der Waals surface area contributed by atoms with Gasteiger partial charge in [0, 0.05) is 37.6 Å². The third-order valence-electron chi connectivity index (χ3n) is 5.57. The Hall–Kier alpha value is -3.50. The van der Waals surface area contributed by atoms with Crippen LogP contribution in [-0.4, -0.2) is 81.7 Å². The molecule has 11 nitrogen and oxygen atoms in total. The van der Waals surface area contributed by atoms with E-state index in [1.165, 1.54) is 29.4 Å². The number of amides is 2. The molecule has 16 heteroatoms. The Morgan fingerprint density at radius 3 is 2.46 bits per heavy atom. The number of rotatable bonds is 7. The van der Waals surface area contributed by atoms with E-state index in [-0.39, 0.29) is 43.4 Å². The molecule has 3 heterocycles. The summed E-state index contributed by atoms with van der Waals surface area (Å²) in [5.74, 6) is -3.59. The lowest BCUT2D eigenvalue weighted by Gasteiger charge is -2.24. The minimum atomic E-state index is -4.02. The number of hydrogen-bond donors (Lipinski definition) is 1. The van der Waals surface area contributed by atoms with Gasteiger partial charge in [-0.05, 0) is 12.1 Å². The van der Waals surface area contributed by atoms with Crippen LogP contribution in [0.1, 0.15) is 0 Å². The van der Waals surface area contributed by atoms with E-state index < -0.39 is 58.4 Å². The third kappa shape index (κ3) is 5.75. The van der Waals surface area contributed by atoms with Gasteiger partial charge in [-0.15, -0.1) is 0 Å². The minimum Gasteiger partial charge on any atom is -0.442 e. The number of sulfonamides is 1. The number of aromatic nitrogens is 1. The van der Waals surface area contributed by atoms with E-state index >= 15 is 8.78 Å². The van der Waals surface area contributed by atoms with Crippen molar-refractivity contribution < 1.29 is 45.1 Å². The van der Waals surface area contributed by atoms with Crippen molar-refractivity contribution in [1.82, 2.24) is 14.8 Å². The molecular formula is C21H21F4N5O6S. The highest BCUT2D eigenvalue weighted by molar-refractivity contribution is 7.89. The van der Waals surface area contributed by atoms with Gasteiger partial charge >= 0.3 is 12.5 Å². The largest absolute Gasteiger partial charge is 0.442 e. The highest BCUT2D eigenvalue weighted by Gasteiger charge is 2.35. The molecule has 2 aromatic rings. The number of halogens is 4. The summed E-state index contributed by atoms with van der Waals surface area (Å²) < 4.78 is 86.1. The molecule has 0 aliphatic carbocycles. The Morgan fingerprint density at radius 2 is 1.81 bits per heavy atom. The molecule has 1 N–H and O–H groups in total. The second kappa shape index (κ2) is 10.9. The minimum absolute atomic E-state index is 0.0345. The van der Waals surface area contributed by atoms with Crippen molar-refractivity contribution in [3.8, 4) is 0 Å². The number of benzene rings is 1. The van der Waals surface area contributed by atoms with Crippen LogP contribution in [0.2, 0.25) is 0 Å². The number of anilines is 2. The van der Waals surface area contributed by atoms with Crippen molar-refractivity contribution >= 4 is 33.4 Å². The Kier molecular flexibility index (Phi) is 7.79. The van der Waals surface area contributed by atoms with Crippen molar-refractivity contribution in [1.29, 1.82) is 0 Å². The van der Waals surface area contributed by atoms with Gasteiger partial charge in [0.05, 0.1) is 36.8 Å². The smallest absolute Gasteiger partial charge is 0.414 e. The second-order valence-corrected chi connectivity index (χ2v) is 9.78. The Labute approximate surface area is 208 Å². The molecule has 1 aromatic carbocycles. The predicted octanol–water partition coefficient (Wildman–Crippen LogP) is 1.51. The zero-order chi connectivity index (χ0) is 26.7. The van der Waals surface area contributed by atoms with E-state index in [0.717, 1.165) is 21.5 Å². The highest BCUT2D eigenvalue weighted by Crippen LogP contribution is 2.31. The maximum absolute atomic E-state index is 15.1. The van der Waals surface area contributed by atoms with Gasteiger partial charge in [-0.1, -0.05) is 4.47 Å². The Balaban J connectivity index is 1.45. The summed E-state index contributed by atoms with van der Waals surface area (Å²) in [7, 11) is -4.02. The molecule has 0 saturated carbocycles. The number of cyclic esters (lactones) is 1. The number of carbonyl (C=O) groups excluding carboxylic acids is 2. The molecule has 2 amide bonds. The van der Waals surface area contributed by atoms with Crippen LogP contribution in [0.5, 0.6) is 0 Å². The van der Waals surface area contributed by atoms with Gasteiger partial charge in [0.25, 0.3) is 15.9 Å². The molecule has 1 aromatic heterocycles. The summed E-state index contributed by atoms with van der Waals surface area (Å²) in [5.41, 5.74) is -0.622. The fraction of sp³-hybridized carbons (Fsp3) is 0.381. The van der Waals surface area contributed by atoms with Crippen LogP contribution in [0.3, 0.4) is 0 Å². The zero-order valence-corrected chi connectivity index (χ0v) is 19.8. The number of hydrogen-bond acceptors (Lipinski definition) is 8. The van der Waals surface area contributed by atoms with Crippen molar-refractivity contribution in [2.45, 2.75) is 17.4 Å². The summed E-state index contributed by atoms with van der Waals surface area (Å²) in [6, 6.07) is 4.38. The molecule has 200 valence electrons. The number of ether oxygens (including phenoxy) is 1. The van der Waals surface area contributed by atoms with Crippen LogP contribution in [0, 0.1) is 11.6 Å². The summed E-state index contributed by atoms with van der Waals surface area (Å²) >= 11 is 0. The van der Waals surface area contributed by atoms with E-state index in [9.17, 15) is 26.8 Å². The van der Waals surface area contributed by atoms with Gasteiger partial charge in [0.1, 0.15) is 11.8 Å². The monoisotopic (exact) mass is 547 g/mol. The fourth-order valence-corrected chi connectivity index (χ4v) is 5.05. The lowest BCUT2D eigenvalue weighted by molar-refractivity contribution is -0.132. The predicted molar refractivity (Wildman–Crippen MR) is 119 cm³/mol. The molecule has 37 heavy (non-hydrogen) atoms. The number of nitrogens with zero attached hydrogens (tertiary/aromatic N) is 4. The maximum Gasteiger partial charge on any atom is 0.414 e. The first-order valence-electron chi connectivity index (χ1n) is 10.9. The van der Waals surface area contributed by atoms with Crippen molar-refractivity contribution in [3.05, 3.63) is 48.3 Å². The van der Waals surface area contributed by atoms with Gasteiger partial charge in [-0.25, -0.2) is 22.0 Å². The molecule has 2 saturated heterocycles. The molecule has 0 bridgehead atoms. The van der Waals surface area contributed by atoms with E-state index in [4.69, 9.17) is 9.57 Å². The number of alkyl halides is 2. The quantitative estimate of drug-likeness (QED) is 0.518. The van der Waals surface area contributed by atoms with Crippen molar-refractivity contribution in [3.63, 3.8) is 0 Å². The number of carbonyl (C=O) groups is 2. The molecule has 0 unspecified atom stereocenters. The van der Waals surface area contributed by atoms with Crippen molar-refractivity contribution in [2.75, 3.05) is 49.1 Å². The van der Waals surface area contributed by atoms with Crippen LogP contribution in [-0.2, 0) is 24.4 Å². The van der Waals surface area contributed by atoms with Gasteiger partial charge in [-0.2, -0.15) is 8.78 Å². The molecule has 2 aliphatic heterocycles. The van der Waals surface area contributed by atoms with Crippen LogP contribution < -0.4 is 15.1 Å². The van der Waals surface area contributed by atoms with E-state index in [1.807, 2.05) is 5.32 Å². The normalized spacial score (nSPS) is 19.2. The van der Waals surface area contributed by atoms with Gasteiger partial charge in [-0.3, -0.25) is 19.5 Å². The van der Waals surface area contributed by atoms with E-state index in [2.05, 4.69) is 4.98 Å². The summed E-state index contributed by atoms with van der Waals surface area (Å²) in [5, 5.41) is 1.91. The summed E-state index contributed by atoms with van der Waals surface area (Å²) in [6.45, 7) is -1.19. The van der Waals surface area contributed by atoms with Gasteiger partial charge < -0.3 is 15.0 Å². The first-order valence-corrected chi connectivity index (χ1v) is 12.4. The van der Waals surface area contributed by atoms with Gasteiger partial charge in [0.2, 0.25) is 0 Å². The average molecular weight is 547 g/mol. The molecule has 0 radical (unpaired) electrons. The standard InChI is InChI=1S/C21H21F4N5O6S/c22-16-9-13(29-12-14(36-21(29)32)11-27-20(31)19(24)25)10-17(23)18(16)28-5-6-30(35-8-7-28)37(33,34)15-1-3-26-4-2-15/h1-4,9-10,14,19H,5-8,11-12H2,(H,27,31)/t14-/m0/s1. The summed E-state index contributed by atoms with van der Waals surface area (Å²) in [6.07, 6.45) is -2.60. The maximum atomic E-state index is 15.1. The van der Waals surface area contributed by atoms with Crippen LogP contribution >= 0.6 is 0 Å². The lowest BCUT2D eigenvalue weighted by Crippen LogP contribution is -2.37. The number of nitrogens with one attached hydrogen (secondary N) is 1. The second-order valence-electron chi connectivity index (χ2n) is 7.95. The average Bonchev–Trinajstić information content (AvgIpc) is 3.06. The van der Waals surface area contributed by atoms with Gasteiger partial charge in [0.15, 0.2) is 11.6 Å². The number of hydroxylamine groups is 1. The first kappa shape index (κ1) is 26.6. The summed E-state index contributed by atoms with van der Waals surface area (Å²) in [4.78, 5) is 34.4. The van der Waals surface area contributed by atoms with Crippen molar-refractivity contribution in [2.24, 2.45) is 0 Å². The molecule has 1 atom stereocenters. The Bertz CT molecular complexity index is 1250. The Morgan fingerprint density at radius 1 is 1.14 bits per heavy atom. The molecule has 2 fully saturated rings. The number of pyridine rings is 1. The van der Waals surface area contributed by atoms with Crippen LogP contribution in [0.25, 0.3) is 0 Å².